The van der Waals surface area contributed by atoms with Crippen molar-refractivity contribution in [3.63, 3.8) is 0 Å². The summed E-state index contributed by atoms with van der Waals surface area (Å²) in [5, 5.41) is 3.25. The number of benzene rings is 1. The summed E-state index contributed by atoms with van der Waals surface area (Å²) in [6.45, 7) is 5.15. The fourth-order valence-electron chi connectivity index (χ4n) is 3.93. The smallest absolute Gasteiger partial charge is 0.332 e. The Kier molecular flexibility index (Phi) is 4.42. The number of aromatic nitrogens is 2. The third kappa shape index (κ3) is 2.97. The summed E-state index contributed by atoms with van der Waals surface area (Å²) in [6, 6.07) is 8.65. The van der Waals surface area contributed by atoms with Crippen molar-refractivity contribution in [1.82, 2.24) is 18.9 Å². The molecule has 0 radical (unpaired) electrons. The molecule has 4 rings (SSSR count). The van der Waals surface area contributed by atoms with Gasteiger partial charge in [0.05, 0.1) is 12.2 Å². The van der Waals surface area contributed by atoms with Gasteiger partial charge < -0.3 is 5.32 Å². The molecule has 0 fully saturated rings. The lowest BCUT2D eigenvalue weighted by atomic mass is 10.00. The molecule has 0 saturated heterocycles. The summed E-state index contributed by atoms with van der Waals surface area (Å²) < 4.78 is 2.71. The third-order valence-electron chi connectivity index (χ3n) is 5.55. The first-order valence-electron chi connectivity index (χ1n) is 9.09. The van der Waals surface area contributed by atoms with E-state index in [1.54, 1.807) is 7.05 Å². The van der Waals surface area contributed by atoms with Gasteiger partial charge in [0.1, 0.15) is 5.82 Å². The molecule has 1 aromatic carbocycles. The average Bonchev–Trinajstić information content (AvgIpc) is 2.68. The number of fused-ring (bicyclic) bond motifs is 2. The molecule has 0 amide bonds. The Balaban J connectivity index is 1.43. The molecule has 0 atom stereocenters. The summed E-state index contributed by atoms with van der Waals surface area (Å²) in [4.78, 5) is 29.2. The lowest BCUT2D eigenvalue weighted by Crippen LogP contribution is -2.47. The van der Waals surface area contributed by atoms with Crippen LogP contribution in [-0.2, 0) is 33.6 Å². The lowest BCUT2D eigenvalue weighted by Gasteiger charge is -2.34. The number of anilines is 1. The Morgan fingerprint density at radius 3 is 2.50 bits per heavy atom. The number of nitrogens with zero attached hydrogens (tertiary/aromatic N) is 4. The molecule has 2 aliphatic heterocycles. The van der Waals surface area contributed by atoms with Crippen molar-refractivity contribution in [1.29, 1.82) is 0 Å². The second kappa shape index (κ2) is 6.74. The SMILES string of the molecule is Cn1c2c(c(=O)n(C)c1=O)CN(CCN1CCc3ccccc3C1)CN2. The molecule has 1 aromatic heterocycles. The molecule has 7 nitrogen and oxygen atoms in total. The molecule has 0 saturated carbocycles. The topological polar surface area (TPSA) is 62.5 Å². The first kappa shape index (κ1) is 17.1. The summed E-state index contributed by atoms with van der Waals surface area (Å²) in [7, 11) is 3.24. The molecule has 26 heavy (non-hydrogen) atoms. The molecule has 1 N–H and O–H groups in total. The van der Waals surface area contributed by atoms with Gasteiger partial charge in [-0.2, -0.15) is 0 Å². The molecule has 7 heteroatoms. The van der Waals surface area contributed by atoms with Gasteiger partial charge in [0.2, 0.25) is 0 Å². The Hall–Kier alpha value is -2.38. The fraction of sp³-hybridized carbons (Fsp3) is 0.474. The Morgan fingerprint density at radius 2 is 1.69 bits per heavy atom. The molecule has 2 aliphatic rings. The molecular formula is C19H25N5O2. The maximum atomic E-state index is 12.4. The van der Waals surface area contributed by atoms with Crippen LogP contribution in [0, 0.1) is 0 Å². The van der Waals surface area contributed by atoms with Gasteiger partial charge in [-0.15, -0.1) is 0 Å². The highest BCUT2D eigenvalue weighted by atomic mass is 16.2. The van der Waals surface area contributed by atoms with Crippen LogP contribution in [0.15, 0.2) is 33.9 Å². The quantitative estimate of drug-likeness (QED) is 0.860. The number of rotatable bonds is 3. The predicted molar refractivity (Wildman–Crippen MR) is 101 cm³/mol. The average molecular weight is 355 g/mol. The molecule has 2 aromatic rings. The van der Waals surface area contributed by atoms with Crippen LogP contribution in [-0.4, -0.2) is 45.2 Å². The van der Waals surface area contributed by atoms with Crippen LogP contribution < -0.4 is 16.6 Å². The van der Waals surface area contributed by atoms with Crippen molar-refractivity contribution in [3.8, 4) is 0 Å². The van der Waals surface area contributed by atoms with Crippen molar-refractivity contribution in [2.45, 2.75) is 19.5 Å². The van der Waals surface area contributed by atoms with Crippen molar-refractivity contribution >= 4 is 5.82 Å². The van der Waals surface area contributed by atoms with E-state index in [1.807, 2.05) is 0 Å². The van der Waals surface area contributed by atoms with Crippen LogP contribution in [0.4, 0.5) is 5.82 Å². The molecule has 0 aliphatic carbocycles. The first-order valence-corrected chi connectivity index (χ1v) is 9.09. The van der Waals surface area contributed by atoms with E-state index in [0.717, 1.165) is 32.6 Å². The molecule has 0 unspecified atom stereocenters. The zero-order valence-corrected chi connectivity index (χ0v) is 15.4. The van der Waals surface area contributed by atoms with Gasteiger partial charge in [-0.05, 0) is 17.5 Å². The highest BCUT2D eigenvalue weighted by Crippen LogP contribution is 2.19. The number of nitrogens with one attached hydrogen (secondary N) is 1. The van der Waals surface area contributed by atoms with E-state index < -0.39 is 0 Å². The van der Waals surface area contributed by atoms with E-state index in [9.17, 15) is 9.59 Å². The van der Waals surface area contributed by atoms with E-state index in [2.05, 4.69) is 39.4 Å². The maximum Gasteiger partial charge on any atom is 0.332 e. The zero-order chi connectivity index (χ0) is 18.3. The molecule has 0 spiro atoms. The van der Waals surface area contributed by atoms with Crippen molar-refractivity contribution in [2.24, 2.45) is 14.1 Å². The number of hydrogen-bond acceptors (Lipinski definition) is 5. The second-order valence-electron chi connectivity index (χ2n) is 7.22. The van der Waals surface area contributed by atoms with Gasteiger partial charge in [0.25, 0.3) is 5.56 Å². The first-order chi connectivity index (χ1) is 12.5. The highest BCUT2D eigenvalue weighted by Gasteiger charge is 2.24. The Labute approximate surface area is 152 Å². The molecule has 0 bridgehead atoms. The maximum absolute atomic E-state index is 12.4. The summed E-state index contributed by atoms with van der Waals surface area (Å²) in [5.74, 6) is 0.654. The normalized spacial score (nSPS) is 17.5. The van der Waals surface area contributed by atoms with Gasteiger partial charge in [-0.1, -0.05) is 24.3 Å². The van der Waals surface area contributed by atoms with Crippen LogP contribution in [0.3, 0.4) is 0 Å². The number of hydrogen-bond donors (Lipinski definition) is 1. The Bertz CT molecular complexity index is 946. The van der Waals surface area contributed by atoms with Crippen LogP contribution in [0.2, 0.25) is 0 Å². The third-order valence-corrected chi connectivity index (χ3v) is 5.55. The lowest BCUT2D eigenvalue weighted by molar-refractivity contribution is 0.190. The van der Waals surface area contributed by atoms with Gasteiger partial charge in [-0.25, -0.2) is 4.79 Å². The molecular weight excluding hydrogens is 330 g/mol. The summed E-state index contributed by atoms with van der Waals surface area (Å²) >= 11 is 0. The van der Waals surface area contributed by atoms with Crippen LogP contribution >= 0.6 is 0 Å². The molecule has 3 heterocycles. The van der Waals surface area contributed by atoms with Gasteiger partial charge in [-0.3, -0.25) is 23.7 Å². The van der Waals surface area contributed by atoms with Crippen molar-refractivity contribution in [3.05, 3.63) is 61.8 Å². The van der Waals surface area contributed by atoms with Crippen LogP contribution in [0.5, 0.6) is 0 Å². The van der Waals surface area contributed by atoms with Crippen LogP contribution in [0.25, 0.3) is 0 Å². The predicted octanol–water partition coefficient (Wildman–Crippen LogP) is 0.327. The van der Waals surface area contributed by atoms with E-state index in [4.69, 9.17) is 0 Å². The minimum Gasteiger partial charge on any atom is -0.358 e. The zero-order valence-electron chi connectivity index (χ0n) is 15.4. The van der Waals surface area contributed by atoms with E-state index in [1.165, 1.54) is 27.3 Å². The van der Waals surface area contributed by atoms with Crippen LogP contribution in [0.1, 0.15) is 16.7 Å². The highest BCUT2D eigenvalue weighted by molar-refractivity contribution is 5.45. The van der Waals surface area contributed by atoms with E-state index >= 15 is 0 Å². The van der Waals surface area contributed by atoms with E-state index in [-0.39, 0.29) is 11.2 Å². The van der Waals surface area contributed by atoms with Crippen molar-refractivity contribution < 1.29 is 0 Å². The van der Waals surface area contributed by atoms with Gasteiger partial charge in [0, 0.05) is 46.8 Å². The fourth-order valence-corrected chi connectivity index (χ4v) is 3.93. The summed E-state index contributed by atoms with van der Waals surface area (Å²) in [5.41, 5.74) is 3.06. The molecule has 138 valence electrons. The van der Waals surface area contributed by atoms with E-state index in [0.29, 0.717) is 24.6 Å². The monoisotopic (exact) mass is 355 g/mol. The largest absolute Gasteiger partial charge is 0.358 e. The minimum absolute atomic E-state index is 0.202. The summed E-state index contributed by atoms with van der Waals surface area (Å²) in [6.07, 6.45) is 1.10. The van der Waals surface area contributed by atoms with Crippen molar-refractivity contribution in [2.75, 3.05) is 31.6 Å². The standard InChI is InChI=1S/C19H25N5O2/c1-21-17-16(18(25)22(2)19(21)26)12-24(13-20-17)10-9-23-8-7-14-5-3-4-6-15(14)11-23/h3-6,20H,7-13H2,1-2H3. The Morgan fingerprint density at radius 1 is 0.962 bits per heavy atom. The van der Waals surface area contributed by atoms with Gasteiger partial charge in [0.15, 0.2) is 0 Å². The minimum atomic E-state index is -0.290. The van der Waals surface area contributed by atoms with Gasteiger partial charge >= 0.3 is 5.69 Å². The second-order valence-corrected chi connectivity index (χ2v) is 7.22.